The van der Waals surface area contributed by atoms with E-state index in [4.69, 9.17) is 9.52 Å². The number of carbonyl (C=O) groups excluding carboxylic acids is 1. The van der Waals surface area contributed by atoms with Crippen molar-refractivity contribution >= 4 is 23.4 Å². The number of likely N-dealkylation sites (N-methyl/N-ethyl adjacent to an activating group) is 1. The monoisotopic (exact) mass is 222 g/mol. The summed E-state index contributed by atoms with van der Waals surface area (Å²) in [6, 6.07) is 1.44. The van der Waals surface area contributed by atoms with Crippen molar-refractivity contribution in [2.24, 2.45) is 0 Å². The number of furan rings is 1. The van der Waals surface area contributed by atoms with Gasteiger partial charge in [-0.3, -0.25) is 10.1 Å². The second-order valence-corrected chi connectivity index (χ2v) is 4.17. The van der Waals surface area contributed by atoms with E-state index in [1.165, 1.54) is 6.07 Å². The zero-order chi connectivity index (χ0) is 11.5. The second kappa shape index (κ2) is 2.58. The standard InChI is InChI=1S/C10H10N2O4/c1-12-5-4-6(8(13)14)16-7(5)11-9(15)10(12)2-3-10/h4H,2-3H2,1H3,(H,11,15)(H,13,14). The molecule has 1 aliphatic heterocycles. The number of rotatable bonds is 1. The van der Waals surface area contributed by atoms with Crippen molar-refractivity contribution in [2.45, 2.75) is 18.4 Å². The first kappa shape index (κ1) is 9.26. The first-order valence-electron chi connectivity index (χ1n) is 4.97. The number of nitrogens with one attached hydrogen (secondary N) is 1. The number of hydrogen-bond donors (Lipinski definition) is 2. The number of nitrogens with zero attached hydrogens (tertiary/aromatic N) is 1. The van der Waals surface area contributed by atoms with E-state index in [-0.39, 0.29) is 17.6 Å². The first-order chi connectivity index (χ1) is 7.54. The summed E-state index contributed by atoms with van der Waals surface area (Å²) >= 11 is 0. The minimum absolute atomic E-state index is 0.117. The van der Waals surface area contributed by atoms with Gasteiger partial charge in [-0.1, -0.05) is 0 Å². The van der Waals surface area contributed by atoms with Gasteiger partial charge in [-0.05, 0) is 12.8 Å². The van der Waals surface area contributed by atoms with Gasteiger partial charge in [0.1, 0.15) is 11.2 Å². The van der Waals surface area contributed by atoms with Crippen LogP contribution in [0, 0.1) is 0 Å². The summed E-state index contributed by atoms with van der Waals surface area (Å²) in [6.07, 6.45) is 1.59. The molecule has 1 aliphatic carbocycles. The van der Waals surface area contributed by atoms with E-state index in [2.05, 4.69) is 5.32 Å². The Morgan fingerprint density at radius 2 is 2.31 bits per heavy atom. The van der Waals surface area contributed by atoms with Crippen molar-refractivity contribution in [3.8, 4) is 0 Å². The molecule has 6 heteroatoms. The van der Waals surface area contributed by atoms with Crippen LogP contribution in [0.3, 0.4) is 0 Å². The summed E-state index contributed by atoms with van der Waals surface area (Å²) < 4.78 is 5.06. The van der Waals surface area contributed by atoms with Gasteiger partial charge in [-0.25, -0.2) is 4.79 Å². The Hall–Kier alpha value is -1.98. The summed E-state index contributed by atoms with van der Waals surface area (Å²) in [7, 11) is 1.78. The minimum atomic E-state index is -1.14. The zero-order valence-electron chi connectivity index (χ0n) is 8.61. The van der Waals surface area contributed by atoms with Gasteiger partial charge >= 0.3 is 5.97 Å². The fourth-order valence-corrected chi connectivity index (χ4v) is 2.11. The lowest BCUT2D eigenvalue weighted by molar-refractivity contribution is -0.118. The van der Waals surface area contributed by atoms with Crippen LogP contribution >= 0.6 is 0 Å². The van der Waals surface area contributed by atoms with E-state index in [1.807, 2.05) is 0 Å². The van der Waals surface area contributed by atoms with Gasteiger partial charge in [0, 0.05) is 13.1 Å². The van der Waals surface area contributed by atoms with Crippen molar-refractivity contribution in [3.63, 3.8) is 0 Å². The Bertz CT molecular complexity index is 501. The molecule has 1 saturated carbocycles. The molecular formula is C10H10N2O4. The molecule has 0 saturated heterocycles. The minimum Gasteiger partial charge on any atom is -0.475 e. The molecule has 1 spiro atoms. The average Bonchev–Trinajstić information content (AvgIpc) is 2.91. The number of amides is 1. The number of anilines is 2. The summed E-state index contributed by atoms with van der Waals surface area (Å²) in [4.78, 5) is 24.3. The SMILES string of the molecule is CN1c2cc(C(=O)O)oc2NC(=O)C12CC2. The van der Waals surface area contributed by atoms with Crippen LogP contribution in [0.2, 0.25) is 0 Å². The zero-order valence-corrected chi connectivity index (χ0v) is 8.61. The van der Waals surface area contributed by atoms with Gasteiger partial charge in [0.05, 0.1) is 0 Å². The molecule has 0 aromatic carbocycles. The molecule has 3 rings (SSSR count). The highest BCUT2D eigenvalue weighted by Crippen LogP contribution is 2.49. The van der Waals surface area contributed by atoms with Crippen LogP contribution in [0.1, 0.15) is 23.4 Å². The van der Waals surface area contributed by atoms with Gasteiger partial charge in [0.25, 0.3) is 5.91 Å². The van der Waals surface area contributed by atoms with E-state index in [9.17, 15) is 9.59 Å². The fraction of sp³-hybridized carbons (Fsp3) is 0.400. The number of carboxylic acids is 1. The van der Waals surface area contributed by atoms with Gasteiger partial charge in [0.2, 0.25) is 11.6 Å². The molecular weight excluding hydrogens is 212 g/mol. The van der Waals surface area contributed by atoms with Crippen LogP contribution in [0.15, 0.2) is 10.5 Å². The van der Waals surface area contributed by atoms with Crippen molar-refractivity contribution in [1.29, 1.82) is 0 Å². The Morgan fingerprint density at radius 1 is 1.62 bits per heavy atom. The maximum Gasteiger partial charge on any atom is 0.371 e. The lowest BCUT2D eigenvalue weighted by Crippen LogP contribution is -2.47. The van der Waals surface area contributed by atoms with Crippen molar-refractivity contribution in [1.82, 2.24) is 0 Å². The van der Waals surface area contributed by atoms with E-state index in [0.717, 1.165) is 12.8 Å². The molecule has 16 heavy (non-hydrogen) atoms. The van der Waals surface area contributed by atoms with Gasteiger partial charge in [-0.2, -0.15) is 0 Å². The first-order valence-corrected chi connectivity index (χ1v) is 4.97. The van der Waals surface area contributed by atoms with E-state index >= 15 is 0 Å². The van der Waals surface area contributed by atoms with Crippen molar-refractivity contribution in [3.05, 3.63) is 11.8 Å². The Morgan fingerprint density at radius 3 is 2.88 bits per heavy atom. The van der Waals surface area contributed by atoms with Crippen LogP contribution in [-0.2, 0) is 4.79 Å². The summed E-state index contributed by atoms with van der Waals surface area (Å²) in [5.74, 6) is -1.19. The van der Waals surface area contributed by atoms with E-state index < -0.39 is 11.5 Å². The number of carboxylic acid groups (broad SMARTS) is 1. The molecule has 2 aliphatic rings. The Kier molecular flexibility index (Phi) is 1.49. The molecule has 1 amide bonds. The van der Waals surface area contributed by atoms with E-state index in [0.29, 0.717) is 5.69 Å². The molecule has 84 valence electrons. The van der Waals surface area contributed by atoms with Crippen molar-refractivity contribution in [2.75, 3.05) is 17.3 Å². The number of aromatic carboxylic acids is 1. The Labute approximate surface area is 90.8 Å². The number of carbonyl (C=O) groups is 2. The van der Waals surface area contributed by atoms with Crippen molar-refractivity contribution < 1.29 is 19.1 Å². The second-order valence-electron chi connectivity index (χ2n) is 4.17. The smallest absolute Gasteiger partial charge is 0.371 e. The number of hydrogen-bond acceptors (Lipinski definition) is 4. The third-order valence-corrected chi connectivity index (χ3v) is 3.30. The largest absolute Gasteiger partial charge is 0.475 e. The third-order valence-electron chi connectivity index (χ3n) is 3.30. The van der Waals surface area contributed by atoms with E-state index in [1.54, 1.807) is 11.9 Å². The molecule has 0 radical (unpaired) electrons. The molecule has 2 heterocycles. The summed E-state index contributed by atoms with van der Waals surface area (Å²) in [5, 5.41) is 11.4. The van der Waals surface area contributed by atoms with Crippen LogP contribution in [0.5, 0.6) is 0 Å². The molecule has 6 nitrogen and oxygen atoms in total. The predicted molar refractivity (Wildman–Crippen MR) is 54.7 cm³/mol. The topological polar surface area (TPSA) is 82.8 Å². The molecule has 1 fully saturated rings. The molecule has 0 bridgehead atoms. The predicted octanol–water partition coefficient (Wildman–Crippen LogP) is 0.899. The lowest BCUT2D eigenvalue weighted by Gasteiger charge is -2.32. The van der Waals surface area contributed by atoms with Crippen LogP contribution in [0.25, 0.3) is 0 Å². The van der Waals surface area contributed by atoms with Crippen LogP contribution < -0.4 is 10.2 Å². The lowest BCUT2D eigenvalue weighted by atomic mass is 10.1. The molecule has 1 aromatic rings. The molecule has 0 atom stereocenters. The molecule has 0 unspecified atom stereocenters. The summed E-state index contributed by atoms with van der Waals surface area (Å²) in [5.41, 5.74) is 0.154. The van der Waals surface area contributed by atoms with Crippen LogP contribution in [0.4, 0.5) is 11.6 Å². The highest BCUT2D eigenvalue weighted by Gasteiger charge is 2.57. The van der Waals surface area contributed by atoms with Gasteiger partial charge < -0.3 is 14.4 Å². The quantitative estimate of drug-likeness (QED) is 0.737. The maximum atomic E-state index is 11.8. The Balaban J connectivity index is 2.09. The number of fused-ring (bicyclic) bond motifs is 1. The molecule has 1 aromatic heterocycles. The fourth-order valence-electron chi connectivity index (χ4n) is 2.11. The third kappa shape index (κ3) is 0.959. The highest BCUT2D eigenvalue weighted by atomic mass is 16.4. The van der Waals surface area contributed by atoms with Crippen LogP contribution in [-0.4, -0.2) is 29.6 Å². The van der Waals surface area contributed by atoms with Gasteiger partial charge in [0.15, 0.2) is 0 Å². The highest BCUT2D eigenvalue weighted by molar-refractivity contribution is 6.08. The average molecular weight is 222 g/mol. The normalized spacial score (nSPS) is 20.6. The summed E-state index contributed by atoms with van der Waals surface area (Å²) in [6.45, 7) is 0. The maximum absolute atomic E-state index is 11.8. The van der Waals surface area contributed by atoms with Gasteiger partial charge in [-0.15, -0.1) is 0 Å². The molecule has 2 N–H and O–H groups in total.